The molecule has 2 aromatic rings. The summed E-state index contributed by atoms with van der Waals surface area (Å²) >= 11 is 0. The molecule has 5 heteroatoms. The zero-order valence-corrected chi connectivity index (χ0v) is 13.7. The molecule has 2 rings (SSSR count). The van der Waals surface area contributed by atoms with Crippen LogP contribution in [-0.4, -0.2) is 19.9 Å². The predicted molar refractivity (Wildman–Crippen MR) is 89.8 cm³/mol. The molecule has 0 bridgehead atoms. The Morgan fingerprint density at radius 2 is 1.65 bits per heavy atom. The SMILES string of the molecule is COc1ccc(CNC(=O)NCOc2ccc(C)c(C)c2)cc1. The van der Waals surface area contributed by atoms with Crippen LogP contribution in [0.1, 0.15) is 16.7 Å². The number of aryl methyl sites for hydroxylation is 2. The first-order valence-electron chi connectivity index (χ1n) is 7.43. The van der Waals surface area contributed by atoms with Crippen molar-refractivity contribution in [2.24, 2.45) is 0 Å². The van der Waals surface area contributed by atoms with Crippen molar-refractivity contribution in [3.8, 4) is 11.5 Å². The number of carbonyl (C=O) groups excluding carboxylic acids is 1. The van der Waals surface area contributed by atoms with Gasteiger partial charge in [0.15, 0.2) is 6.73 Å². The Balaban J connectivity index is 1.71. The molecule has 0 saturated carbocycles. The predicted octanol–water partition coefficient (Wildman–Crippen LogP) is 3.15. The molecule has 23 heavy (non-hydrogen) atoms. The minimum absolute atomic E-state index is 0.122. The lowest BCUT2D eigenvalue weighted by molar-refractivity contribution is 0.223. The topological polar surface area (TPSA) is 59.6 Å². The van der Waals surface area contributed by atoms with Gasteiger partial charge in [-0.05, 0) is 54.8 Å². The van der Waals surface area contributed by atoms with E-state index in [1.165, 1.54) is 5.56 Å². The van der Waals surface area contributed by atoms with Gasteiger partial charge in [0.25, 0.3) is 0 Å². The van der Waals surface area contributed by atoms with Gasteiger partial charge >= 0.3 is 6.03 Å². The average molecular weight is 314 g/mol. The molecule has 0 aliphatic carbocycles. The monoisotopic (exact) mass is 314 g/mol. The van der Waals surface area contributed by atoms with Crippen LogP contribution in [0.4, 0.5) is 4.79 Å². The van der Waals surface area contributed by atoms with Crippen molar-refractivity contribution < 1.29 is 14.3 Å². The van der Waals surface area contributed by atoms with Crippen LogP contribution in [0, 0.1) is 13.8 Å². The van der Waals surface area contributed by atoms with E-state index >= 15 is 0 Å². The second-order valence-corrected chi connectivity index (χ2v) is 5.24. The van der Waals surface area contributed by atoms with E-state index in [-0.39, 0.29) is 12.8 Å². The van der Waals surface area contributed by atoms with Gasteiger partial charge < -0.3 is 20.1 Å². The van der Waals surface area contributed by atoms with Gasteiger partial charge in [-0.2, -0.15) is 0 Å². The first kappa shape index (κ1) is 16.7. The molecule has 0 fully saturated rings. The lowest BCUT2D eigenvalue weighted by Crippen LogP contribution is -2.37. The first-order valence-corrected chi connectivity index (χ1v) is 7.43. The second-order valence-electron chi connectivity index (χ2n) is 5.24. The van der Waals surface area contributed by atoms with Crippen molar-refractivity contribution in [2.75, 3.05) is 13.8 Å². The van der Waals surface area contributed by atoms with Crippen molar-refractivity contribution in [3.05, 3.63) is 59.2 Å². The molecule has 0 aromatic heterocycles. The second kappa shape index (κ2) is 8.08. The standard InChI is InChI=1S/C18H22N2O3/c1-13-4-7-17(10-14(13)2)23-12-20-18(21)19-11-15-5-8-16(22-3)9-6-15/h4-10H,11-12H2,1-3H3,(H2,19,20,21). The van der Waals surface area contributed by atoms with Gasteiger partial charge in [-0.3, -0.25) is 0 Å². The van der Waals surface area contributed by atoms with Crippen molar-refractivity contribution in [2.45, 2.75) is 20.4 Å². The highest BCUT2D eigenvalue weighted by Gasteiger charge is 2.02. The molecule has 0 aliphatic heterocycles. The highest BCUT2D eigenvalue weighted by atomic mass is 16.5. The lowest BCUT2D eigenvalue weighted by Gasteiger charge is -2.11. The van der Waals surface area contributed by atoms with E-state index in [1.54, 1.807) is 7.11 Å². The third-order valence-electron chi connectivity index (χ3n) is 3.56. The summed E-state index contributed by atoms with van der Waals surface area (Å²) in [5.41, 5.74) is 3.37. The van der Waals surface area contributed by atoms with Crippen molar-refractivity contribution in [1.82, 2.24) is 10.6 Å². The fourth-order valence-electron chi connectivity index (χ4n) is 1.98. The molecule has 2 N–H and O–H groups in total. The van der Waals surface area contributed by atoms with Gasteiger partial charge in [-0.25, -0.2) is 4.79 Å². The van der Waals surface area contributed by atoms with Crippen LogP contribution in [0.3, 0.4) is 0 Å². The minimum atomic E-state index is -0.273. The summed E-state index contributed by atoms with van der Waals surface area (Å²) in [5, 5.41) is 5.43. The van der Waals surface area contributed by atoms with E-state index in [0.29, 0.717) is 6.54 Å². The van der Waals surface area contributed by atoms with E-state index in [2.05, 4.69) is 10.6 Å². The third kappa shape index (κ3) is 5.21. The highest BCUT2D eigenvalue weighted by molar-refractivity contribution is 5.73. The smallest absolute Gasteiger partial charge is 0.317 e. The summed E-state index contributed by atoms with van der Waals surface area (Å²) in [6.07, 6.45) is 0. The summed E-state index contributed by atoms with van der Waals surface area (Å²) in [5.74, 6) is 1.53. The largest absolute Gasteiger partial charge is 0.497 e. The van der Waals surface area contributed by atoms with Crippen molar-refractivity contribution in [1.29, 1.82) is 0 Å². The summed E-state index contributed by atoms with van der Waals surface area (Å²) in [6, 6.07) is 13.1. The van der Waals surface area contributed by atoms with Gasteiger partial charge in [0.2, 0.25) is 0 Å². The molecule has 0 heterocycles. The number of benzene rings is 2. The fourth-order valence-corrected chi connectivity index (χ4v) is 1.98. The normalized spacial score (nSPS) is 10.0. The Kier molecular flexibility index (Phi) is 5.86. The first-order chi connectivity index (χ1) is 11.1. The van der Waals surface area contributed by atoms with Crippen molar-refractivity contribution >= 4 is 6.03 Å². The molecule has 0 aliphatic rings. The van der Waals surface area contributed by atoms with Gasteiger partial charge in [-0.15, -0.1) is 0 Å². The number of hydrogen-bond donors (Lipinski definition) is 2. The van der Waals surface area contributed by atoms with Gasteiger partial charge in [0, 0.05) is 6.54 Å². The van der Waals surface area contributed by atoms with Crippen LogP contribution in [0.25, 0.3) is 0 Å². The molecule has 5 nitrogen and oxygen atoms in total. The number of ether oxygens (including phenoxy) is 2. The Morgan fingerprint density at radius 1 is 0.957 bits per heavy atom. The van der Waals surface area contributed by atoms with Crippen LogP contribution in [0.2, 0.25) is 0 Å². The molecule has 0 saturated heterocycles. The average Bonchev–Trinajstić information content (AvgIpc) is 2.56. The maximum absolute atomic E-state index is 11.7. The van der Waals surface area contributed by atoms with Gasteiger partial charge in [0.05, 0.1) is 7.11 Å². The summed E-state index contributed by atoms with van der Waals surface area (Å²) in [7, 11) is 1.62. The number of methoxy groups -OCH3 is 1. The summed E-state index contributed by atoms with van der Waals surface area (Å²) in [6.45, 7) is 4.64. The summed E-state index contributed by atoms with van der Waals surface area (Å²) < 4.78 is 10.6. The number of nitrogens with one attached hydrogen (secondary N) is 2. The number of urea groups is 1. The van der Waals surface area contributed by atoms with E-state index in [1.807, 2.05) is 56.3 Å². The van der Waals surface area contributed by atoms with Crippen LogP contribution >= 0.6 is 0 Å². The quantitative estimate of drug-likeness (QED) is 0.805. The van der Waals surface area contributed by atoms with E-state index in [9.17, 15) is 4.79 Å². The summed E-state index contributed by atoms with van der Waals surface area (Å²) in [4.78, 5) is 11.7. The fraction of sp³-hybridized carbons (Fsp3) is 0.278. The maximum Gasteiger partial charge on any atom is 0.317 e. The van der Waals surface area contributed by atoms with Crippen molar-refractivity contribution in [3.63, 3.8) is 0 Å². The van der Waals surface area contributed by atoms with E-state index < -0.39 is 0 Å². The number of hydrogen-bond acceptors (Lipinski definition) is 3. The Morgan fingerprint density at radius 3 is 2.30 bits per heavy atom. The van der Waals surface area contributed by atoms with Crippen LogP contribution < -0.4 is 20.1 Å². The third-order valence-corrected chi connectivity index (χ3v) is 3.56. The van der Waals surface area contributed by atoms with Crippen LogP contribution in [0.5, 0.6) is 11.5 Å². The Hall–Kier alpha value is -2.69. The molecule has 0 radical (unpaired) electrons. The maximum atomic E-state index is 11.7. The zero-order valence-electron chi connectivity index (χ0n) is 13.7. The molecular formula is C18H22N2O3. The molecule has 0 spiro atoms. The van der Waals surface area contributed by atoms with Crippen LogP contribution in [-0.2, 0) is 6.54 Å². The molecule has 0 atom stereocenters. The van der Waals surface area contributed by atoms with E-state index in [0.717, 1.165) is 22.6 Å². The molecule has 0 unspecified atom stereocenters. The lowest BCUT2D eigenvalue weighted by atomic mass is 10.1. The molecule has 2 amide bonds. The number of rotatable bonds is 6. The Bertz CT molecular complexity index is 654. The van der Waals surface area contributed by atoms with E-state index in [4.69, 9.17) is 9.47 Å². The number of amides is 2. The number of carbonyl (C=O) groups is 1. The van der Waals surface area contributed by atoms with Gasteiger partial charge in [-0.1, -0.05) is 18.2 Å². The Labute approximate surface area is 136 Å². The molecular weight excluding hydrogens is 292 g/mol. The molecule has 2 aromatic carbocycles. The minimum Gasteiger partial charge on any atom is -0.497 e. The molecule has 122 valence electrons. The van der Waals surface area contributed by atoms with Gasteiger partial charge in [0.1, 0.15) is 11.5 Å². The highest BCUT2D eigenvalue weighted by Crippen LogP contribution is 2.15. The zero-order chi connectivity index (χ0) is 16.7. The van der Waals surface area contributed by atoms with Crippen LogP contribution in [0.15, 0.2) is 42.5 Å².